The van der Waals surface area contributed by atoms with Crippen LogP contribution in [-0.2, 0) is 11.3 Å². The van der Waals surface area contributed by atoms with Gasteiger partial charge in [-0.1, -0.05) is 18.6 Å². The molecule has 0 atom stereocenters. The van der Waals surface area contributed by atoms with Crippen LogP contribution in [0.3, 0.4) is 0 Å². The van der Waals surface area contributed by atoms with Gasteiger partial charge in [-0.3, -0.25) is 4.79 Å². The number of unbranched alkanes of at least 4 members (excludes halogenated alkanes) is 2. The first kappa shape index (κ1) is 17.2. The molecule has 0 aliphatic heterocycles. The number of amides is 3. The van der Waals surface area contributed by atoms with Gasteiger partial charge in [-0.05, 0) is 25.0 Å². The second-order valence-electron chi connectivity index (χ2n) is 5.43. The molecule has 7 heteroatoms. The predicted molar refractivity (Wildman–Crippen MR) is 92.1 cm³/mol. The van der Waals surface area contributed by atoms with Crippen molar-refractivity contribution in [3.05, 3.63) is 29.3 Å². The maximum Gasteiger partial charge on any atom is 0.312 e. The number of para-hydroxylation sites is 1. The number of carbonyl (C=O) groups is 2. The van der Waals surface area contributed by atoms with Crippen LogP contribution in [-0.4, -0.2) is 35.4 Å². The minimum absolute atomic E-state index is 0.118. The van der Waals surface area contributed by atoms with Crippen LogP contribution >= 0.6 is 11.3 Å². The molecule has 3 amide bonds. The third kappa shape index (κ3) is 5.52. The fraction of sp³-hybridized carbons (Fsp3) is 0.438. The minimum atomic E-state index is -0.503. The van der Waals surface area contributed by atoms with Gasteiger partial charge in [-0.15, -0.1) is 11.3 Å². The van der Waals surface area contributed by atoms with Gasteiger partial charge in [0.1, 0.15) is 5.01 Å². The van der Waals surface area contributed by atoms with Crippen LogP contribution < -0.4 is 11.1 Å². The van der Waals surface area contributed by atoms with E-state index in [1.54, 1.807) is 16.2 Å². The van der Waals surface area contributed by atoms with E-state index in [9.17, 15) is 9.59 Å². The largest absolute Gasteiger partial charge is 0.352 e. The molecule has 0 fully saturated rings. The molecule has 2 rings (SSSR count). The Balaban J connectivity index is 1.71. The van der Waals surface area contributed by atoms with Crippen molar-refractivity contribution < 1.29 is 9.59 Å². The van der Waals surface area contributed by atoms with Gasteiger partial charge in [0.05, 0.1) is 16.8 Å². The third-order valence-electron chi connectivity index (χ3n) is 3.50. The fourth-order valence-electron chi connectivity index (χ4n) is 2.26. The molecule has 0 spiro atoms. The lowest BCUT2D eigenvalue weighted by Crippen LogP contribution is -2.30. The summed E-state index contributed by atoms with van der Waals surface area (Å²) in [6.45, 7) is 1.10. The number of hydrogen-bond donors (Lipinski definition) is 2. The molecule has 0 radical (unpaired) electrons. The van der Waals surface area contributed by atoms with Crippen LogP contribution in [0.1, 0.15) is 30.7 Å². The third-order valence-corrected chi connectivity index (χ3v) is 4.52. The molecule has 0 saturated heterocycles. The standard InChI is InChI=1S/C16H22N4O2S/c1-20(15(21)9-3-2-6-10-18-16(17)22)11-14-19-12-7-4-5-8-13(12)23-14/h4-5,7-8H,2-3,6,9-11H2,1H3,(H3,17,18,22). The Hall–Kier alpha value is -2.15. The summed E-state index contributed by atoms with van der Waals surface area (Å²) in [6.07, 6.45) is 3.04. The van der Waals surface area contributed by atoms with Gasteiger partial charge in [-0.25, -0.2) is 9.78 Å². The van der Waals surface area contributed by atoms with Crippen molar-refractivity contribution in [1.82, 2.24) is 15.2 Å². The van der Waals surface area contributed by atoms with Crippen LogP contribution in [0.4, 0.5) is 4.79 Å². The normalized spacial score (nSPS) is 10.7. The average molecular weight is 334 g/mol. The highest BCUT2D eigenvalue weighted by molar-refractivity contribution is 7.18. The van der Waals surface area contributed by atoms with Crippen molar-refractivity contribution in [1.29, 1.82) is 0 Å². The zero-order chi connectivity index (χ0) is 16.7. The summed E-state index contributed by atoms with van der Waals surface area (Å²) in [6, 6.07) is 7.48. The molecule has 23 heavy (non-hydrogen) atoms. The Morgan fingerprint density at radius 2 is 2.04 bits per heavy atom. The Kier molecular flexibility index (Phi) is 6.34. The van der Waals surface area contributed by atoms with E-state index in [-0.39, 0.29) is 5.91 Å². The number of hydrogen-bond acceptors (Lipinski definition) is 4. The number of urea groups is 1. The van der Waals surface area contributed by atoms with E-state index < -0.39 is 6.03 Å². The average Bonchev–Trinajstić information content (AvgIpc) is 2.92. The van der Waals surface area contributed by atoms with E-state index in [1.807, 2.05) is 31.3 Å². The summed E-state index contributed by atoms with van der Waals surface area (Å²) in [5, 5.41) is 3.49. The molecule has 124 valence electrons. The first-order chi connectivity index (χ1) is 11.1. The molecule has 6 nitrogen and oxygen atoms in total. The number of benzene rings is 1. The highest BCUT2D eigenvalue weighted by atomic mass is 32.1. The van der Waals surface area contributed by atoms with Crippen LogP contribution in [0.15, 0.2) is 24.3 Å². The zero-order valence-electron chi connectivity index (χ0n) is 13.2. The highest BCUT2D eigenvalue weighted by Gasteiger charge is 2.11. The van der Waals surface area contributed by atoms with Crippen molar-refractivity contribution in [2.24, 2.45) is 5.73 Å². The number of nitrogens with zero attached hydrogens (tertiary/aromatic N) is 2. The molecular formula is C16H22N4O2S. The number of aromatic nitrogens is 1. The molecule has 0 aliphatic rings. The first-order valence-electron chi connectivity index (χ1n) is 7.68. The maximum absolute atomic E-state index is 12.1. The number of fused-ring (bicyclic) bond motifs is 1. The summed E-state index contributed by atoms with van der Waals surface area (Å²) in [5.74, 6) is 0.118. The number of nitrogens with two attached hydrogens (primary N) is 1. The summed E-state index contributed by atoms with van der Waals surface area (Å²) in [7, 11) is 1.81. The Bertz CT molecular complexity index is 638. The van der Waals surface area contributed by atoms with Crippen LogP contribution in [0.2, 0.25) is 0 Å². The van der Waals surface area contributed by atoms with Crippen molar-refractivity contribution in [2.45, 2.75) is 32.2 Å². The molecule has 0 bridgehead atoms. The van der Waals surface area contributed by atoms with Crippen molar-refractivity contribution >= 4 is 33.5 Å². The van der Waals surface area contributed by atoms with Gasteiger partial charge < -0.3 is 16.0 Å². The van der Waals surface area contributed by atoms with Crippen LogP contribution in [0.25, 0.3) is 10.2 Å². The number of primary amides is 1. The smallest absolute Gasteiger partial charge is 0.312 e. The van der Waals surface area contributed by atoms with Gasteiger partial charge in [0.15, 0.2) is 0 Å². The molecule has 1 heterocycles. The minimum Gasteiger partial charge on any atom is -0.352 e. The number of thiazole rings is 1. The van der Waals surface area contributed by atoms with E-state index in [0.717, 1.165) is 34.5 Å². The summed E-state index contributed by atoms with van der Waals surface area (Å²) in [5.41, 5.74) is 5.96. The molecule has 0 saturated carbocycles. The molecule has 3 N–H and O–H groups in total. The summed E-state index contributed by atoms with van der Waals surface area (Å²) >= 11 is 1.62. The number of rotatable bonds is 8. The molecular weight excluding hydrogens is 312 g/mol. The topological polar surface area (TPSA) is 88.3 Å². The molecule has 0 unspecified atom stereocenters. The van der Waals surface area contributed by atoms with Crippen molar-refractivity contribution in [2.75, 3.05) is 13.6 Å². The van der Waals surface area contributed by atoms with Gasteiger partial charge in [0, 0.05) is 20.0 Å². The lowest BCUT2D eigenvalue weighted by Gasteiger charge is -2.15. The van der Waals surface area contributed by atoms with Crippen LogP contribution in [0, 0.1) is 0 Å². The maximum atomic E-state index is 12.1. The lowest BCUT2D eigenvalue weighted by atomic mass is 10.2. The molecule has 1 aromatic heterocycles. The second kappa shape index (κ2) is 8.47. The summed E-state index contributed by atoms with van der Waals surface area (Å²) < 4.78 is 1.14. The lowest BCUT2D eigenvalue weighted by molar-refractivity contribution is -0.130. The Morgan fingerprint density at radius 1 is 1.26 bits per heavy atom. The first-order valence-corrected chi connectivity index (χ1v) is 8.49. The van der Waals surface area contributed by atoms with E-state index in [1.165, 1.54) is 0 Å². The fourth-order valence-corrected chi connectivity index (χ4v) is 3.28. The van der Waals surface area contributed by atoms with Crippen molar-refractivity contribution in [3.8, 4) is 0 Å². The quantitative estimate of drug-likeness (QED) is 0.727. The van der Waals surface area contributed by atoms with Gasteiger partial charge >= 0.3 is 6.03 Å². The Labute approximate surface area is 139 Å². The molecule has 2 aromatic rings. The van der Waals surface area contributed by atoms with E-state index in [2.05, 4.69) is 10.3 Å². The SMILES string of the molecule is CN(Cc1nc2ccccc2s1)C(=O)CCCCCNC(N)=O. The summed E-state index contributed by atoms with van der Waals surface area (Å²) in [4.78, 5) is 28.9. The van der Waals surface area contributed by atoms with Crippen LogP contribution in [0.5, 0.6) is 0 Å². The van der Waals surface area contributed by atoms with Gasteiger partial charge in [0.25, 0.3) is 0 Å². The zero-order valence-corrected chi connectivity index (χ0v) is 14.1. The Morgan fingerprint density at radius 3 is 2.78 bits per heavy atom. The number of carbonyl (C=O) groups excluding carboxylic acids is 2. The molecule has 0 aliphatic carbocycles. The number of nitrogens with one attached hydrogen (secondary N) is 1. The van der Waals surface area contributed by atoms with Crippen molar-refractivity contribution in [3.63, 3.8) is 0 Å². The second-order valence-corrected chi connectivity index (χ2v) is 6.54. The monoisotopic (exact) mass is 334 g/mol. The highest BCUT2D eigenvalue weighted by Crippen LogP contribution is 2.22. The molecule has 1 aromatic carbocycles. The van der Waals surface area contributed by atoms with E-state index >= 15 is 0 Å². The van der Waals surface area contributed by atoms with Gasteiger partial charge in [-0.2, -0.15) is 0 Å². The van der Waals surface area contributed by atoms with E-state index in [0.29, 0.717) is 19.5 Å². The predicted octanol–water partition coefficient (Wildman–Crippen LogP) is 2.48. The van der Waals surface area contributed by atoms with E-state index in [4.69, 9.17) is 5.73 Å². The van der Waals surface area contributed by atoms with Gasteiger partial charge in [0.2, 0.25) is 5.91 Å².